The standard InChI is InChI=1S/C34H38N6O/c1-4-39(5-2)23-33(41)40(22-27-11-8-10-25-9-6-7-12-29(25)27)28-18-19-31-30(21-28)37-32(38(31)3)20-15-24-13-16-26(17-14-24)34(35)36/h6-14,16-19,21H,4-5,15,20,22-23H2,1-3H3,(H3,35,36). The molecule has 0 aliphatic rings. The van der Waals surface area contributed by atoms with Crippen molar-refractivity contribution in [1.82, 2.24) is 14.5 Å². The predicted molar refractivity (Wildman–Crippen MR) is 169 cm³/mol. The fourth-order valence-corrected chi connectivity index (χ4v) is 5.38. The maximum Gasteiger partial charge on any atom is 0.241 e. The third-order valence-electron chi connectivity index (χ3n) is 7.93. The lowest BCUT2D eigenvalue weighted by atomic mass is 10.0. The highest BCUT2D eigenvalue weighted by Crippen LogP contribution is 2.27. The van der Waals surface area contributed by atoms with Crippen LogP contribution in [0, 0.1) is 5.41 Å². The number of amides is 1. The molecule has 210 valence electrons. The molecule has 1 amide bonds. The number of carbonyl (C=O) groups excluding carboxylic acids is 1. The van der Waals surface area contributed by atoms with Crippen LogP contribution in [0.4, 0.5) is 5.69 Å². The number of fused-ring (bicyclic) bond motifs is 2. The number of benzene rings is 4. The zero-order chi connectivity index (χ0) is 28.9. The van der Waals surface area contributed by atoms with Crippen LogP contribution in [0.25, 0.3) is 21.8 Å². The van der Waals surface area contributed by atoms with Crippen molar-refractivity contribution < 1.29 is 4.79 Å². The van der Waals surface area contributed by atoms with Crippen molar-refractivity contribution in [3.63, 3.8) is 0 Å². The molecular formula is C34H38N6O. The molecule has 0 aliphatic carbocycles. The van der Waals surface area contributed by atoms with Gasteiger partial charge in [-0.25, -0.2) is 4.98 Å². The number of aryl methyl sites for hydroxylation is 3. The van der Waals surface area contributed by atoms with Crippen LogP contribution in [0.3, 0.4) is 0 Å². The number of imidazole rings is 1. The van der Waals surface area contributed by atoms with E-state index in [1.165, 1.54) is 10.9 Å². The van der Waals surface area contributed by atoms with Crippen LogP contribution >= 0.6 is 0 Å². The number of anilines is 1. The molecule has 5 rings (SSSR count). The van der Waals surface area contributed by atoms with Gasteiger partial charge in [0.15, 0.2) is 0 Å². The van der Waals surface area contributed by atoms with Gasteiger partial charge in [-0.3, -0.25) is 15.1 Å². The van der Waals surface area contributed by atoms with Crippen LogP contribution in [0.1, 0.15) is 36.4 Å². The molecule has 0 saturated carbocycles. The van der Waals surface area contributed by atoms with Gasteiger partial charge < -0.3 is 15.2 Å². The quantitative estimate of drug-likeness (QED) is 0.165. The second-order valence-electron chi connectivity index (χ2n) is 10.5. The number of carbonyl (C=O) groups is 1. The molecule has 0 fully saturated rings. The molecule has 7 heteroatoms. The van der Waals surface area contributed by atoms with Crippen molar-refractivity contribution >= 4 is 39.2 Å². The van der Waals surface area contributed by atoms with Gasteiger partial charge in [0.25, 0.3) is 0 Å². The largest absolute Gasteiger partial charge is 0.384 e. The van der Waals surface area contributed by atoms with Crippen LogP contribution in [-0.2, 0) is 31.2 Å². The fraction of sp³-hybridized carbons (Fsp3) is 0.265. The molecular weight excluding hydrogens is 508 g/mol. The summed E-state index contributed by atoms with van der Waals surface area (Å²) in [7, 11) is 2.04. The van der Waals surface area contributed by atoms with Gasteiger partial charge >= 0.3 is 0 Å². The first kappa shape index (κ1) is 28.1. The van der Waals surface area contributed by atoms with E-state index < -0.39 is 0 Å². The number of likely N-dealkylation sites (N-methyl/N-ethyl adjacent to an activating group) is 1. The highest BCUT2D eigenvalue weighted by molar-refractivity contribution is 5.97. The summed E-state index contributed by atoms with van der Waals surface area (Å²) in [6.07, 6.45) is 1.61. The van der Waals surface area contributed by atoms with Gasteiger partial charge in [-0.15, -0.1) is 0 Å². The molecule has 1 aromatic heterocycles. The van der Waals surface area contributed by atoms with Crippen LogP contribution < -0.4 is 10.6 Å². The summed E-state index contributed by atoms with van der Waals surface area (Å²) in [5.41, 5.74) is 11.4. The number of hydrogen-bond acceptors (Lipinski definition) is 4. The molecule has 0 saturated heterocycles. The molecule has 0 bridgehead atoms. The Morgan fingerprint density at radius 1 is 0.927 bits per heavy atom. The van der Waals surface area contributed by atoms with E-state index in [4.69, 9.17) is 16.1 Å². The number of nitrogens with one attached hydrogen (secondary N) is 1. The molecule has 5 aromatic rings. The smallest absolute Gasteiger partial charge is 0.241 e. The molecule has 0 aliphatic heterocycles. The maximum absolute atomic E-state index is 13.8. The molecule has 7 nitrogen and oxygen atoms in total. The monoisotopic (exact) mass is 546 g/mol. The number of nitrogen functional groups attached to an aromatic ring is 1. The average molecular weight is 547 g/mol. The first-order valence-corrected chi connectivity index (χ1v) is 14.3. The number of aromatic nitrogens is 2. The minimum Gasteiger partial charge on any atom is -0.384 e. The van der Waals surface area contributed by atoms with E-state index in [1.807, 2.05) is 60.5 Å². The van der Waals surface area contributed by atoms with Crippen molar-refractivity contribution in [3.05, 3.63) is 107 Å². The van der Waals surface area contributed by atoms with Crippen LogP contribution in [-0.4, -0.2) is 45.8 Å². The van der Waals surface area contributed by atoms with Gasteiger partial charge in [0.2, 0.25) is 5.91 Å². The van der Waals surface area contributed by atoms with Crippen molar-refractivity contribution in [2.75, 3.05) is 24.5 Å². The lowest BCUT2D eigenvalue weighted by molar-refractivity contribution is -0.119. The van der Waals surface area contributed by atoms with Gasteiger partial charge in [-0.2, -0.15) is 0 Å². The van der Waals surface area contributed by atoms with Crippen LogP contribution in [0.5, 0.6) is 0 Å². The lowest BCUT2D eigenvalue weighted by Gasteiger charge is -2.27. The van der Waals surface area contributed by atoms with E-state index in [0.29, 0.717) is 13.1 Å². The Labute approximate surface area is 241 Å². The summed E-state index contributed by atoms with van der Waals surface area (Å²) in [5, 5.41) is 9.92. The van der Waals surface area contributed by atoms with E-state index in [-0.39, 0.29) is 11.7 Å². The maximum atomic E-state index is 13.8. The summed E-state index contributed by atoms with van der Waals surface area (Å²) in [4.78, 5) is 22.8. The Kier molecular flexibility index (Phi) is 8.45. The number of amidine groups is 1. The van der Waals surface area contributed by atoms with E-state index >= 15 is 0 Å². The molecule has 0 spiro atoms. The molecule has 3 N–H and O–H groups in total. The topological polar surface area (TPSA) is 91.2 Å². The van der Waals surface area contributed by atoms with E-state index in [9.17, 15) is 4.79 Å². The molecule has 0 unspecified atom stereocenters. The van der Waals surface area contributed by atoms with Gasteiger partial charge in [0, 0.05) is 24.7 Å². The zero-order valence-electron chi connectivity index (χ0n) is 24.1. The van der Waals surface area contributed by atoms with Gasteiger partial charge in [0.05, 0.1) is 24.1 Å². The summed E-state index contributed by atoms with van der Waals surface area (Å²) < 4.78 is 2.13. The second-order valence-corrected chi connectivity index (χ2v) is 10.5. The lowest BCUT2D eigenvalue weighted by Crippen LogP contribution is -2.40. The SMILES string of the molecule is CCN(CC)CC(=O)N(Cc1cccc2ccccc12)c1ccc2c(c1)nc(CCc1ccc(C(=N)N)cc1)n2C. The highest BCUT2D eigenvalue weighted by atomic mass is 16.2. The predicted octanol–water partition coefficient (Wildman–Crippen LogP) is 5.67. The van der Waals surface area contributed by atoms with E-state index in [2.05, 4.69) is 59.7 Å². The van der Waals surface area contributed by atoms with Crippen LogP contribution in [0.15, 0.2) is 84.9 Å². The van der Waals surface area contributed by atoms with Gasteiger partial charge in [0.1, 0.15) is 11.7 Å². The summed E-state index contributed by atoms with van der Waals surface area (Å²) in [6, 6.07) is 28.6. The summed E-state index contributed by atoms with van der Waals surface area (Å²) in [6.45, 7) is 6.68. The molecule has 0 atom stereocenters. The summed E-state index contributed by atoms with van der Waals surface area (Å²) >= 11 is 0. The zero-order valence-corrected chi connectivity index (χ0v) is 24.1. The van der Waals surface area contributed by atoms with E-state index in [0.717, 1.165) is 65.0 Å². The highest BCUT2D eigenvalue weighted by Gasteiger charge is 2.21. The Bertz CT molecular complexity index is 1680. The number of nitrogens with two attached hydrogens (primary N) is 1. The Morgan fingerprint density at radius 3 is 2.39 bits per heavy atom. The van der Waals surface area contributed by atoms with E-state index in [1.54, 1.807) is 0 Å². The van der Waals surface area contributed by atoms with Gasteiger partial charge in [-0.05, 0) is 59.6 Å². The Morgan fingerprint density at radius 2 is 1.66 bits per heavy atom. The third-order valence-corrected chi connectivity index (χ3v) is 7.93. The second kappa shape index (κ2) is 12.4. The average Bonchev–Trinajstić information content (AvgIpc) is 3.31. The van der Waals surface area contributed by atoms with Crippen molar-refractivity contribution in [3.8, 4) is 0 Å². The normalized spacial score (nSPS) is 11.4. The molecule has 4 aromatic carbocycles. The Hall–Kier alpha value is -4.49. The fourth-order valence-electron chi connectivity index (χ4n) is 5.38. The van der Waals surface area contributed by atoms with Crippen LogP contribution in [0.2, 0.25) is 0 Å². The number of nitrogens with zero attached hydrogens (tertiary/aromatic N) is 4. The minimum atomic E-state index is 0.0751. The van der Waals surface area contributed by atoms with Gasteiger partial charge in [-0.1, -0.05) is 80.6 Å². The number of hydrogen-bond donors (Lipinski definition) is 2. The summed E-state index contributed by atoms with van der Waals surface area (Å²) in [5.74, 6) is 1.14. The Balaban J connectivity index is 1.45. The minimum absolute atomic E-state index is 0.0751. The third kappa shape index (κ3) is 6.15. The first-order chi connectivity index (χ1) is 19.9. The van der Waals surface area contributed by atoms with Crippen molar-refractivity contribution in [1.29, 1.82) is 5.41 Å². The van der Waals surface area contributed by atoms with Crippen molar-refractivity contribution in [2.24, 2.45) is 12.8 Å². The first-order valence-electron chi connectivity index (χ1n) is 14.3. The number of rotatable bonds is 11. The molecule has 1 heterocycles. The molecule has 0 radical (unpaired) electrons. The molecule has 41 heavy (non-hydrogen) atoms. The van der Waals surface area contributed by atoms with Crippen molar-refractivity contribution in [2.45, 2.75) is 33.2 Å².